The fourth-order valence-corrected chi connectivity index (χ4v) is 2.33. The summed E-state index contributed by atoms with van der Waals surface area (Å²) in [4.78, 5) is 11.7. The lowest BCUT2D eigenvalue weighted by molar-refractivity contribution is 0.229. The Morgan fingerprint density at radius 3 is 2.94 bits per heavy atom. The molecule has 0 radical (unpaired) electrons. The van der Waals surface area contributed by atoms with Gasteiger partial charge in [-0.05, 0) is 49.8 Å². The van der Waals surface area contributed by atoms with Gasteiger partial charge in [0.05, 0.1) is 12.6 Å². The highest BCUT2D eigenvalue weighted by Crippen LogP contribution is 2.27. The number of carbonyl (C=O) groups excluding carboxylic acids is 1. The summed E-state index contributed by atoms with van der Waals surface area (Å²) < 4.78 is 0. The molecule has 0 unspecified atom stereocenters. The topological polar surface area (TPSA) is 61.4 Å². The van der Waals surface area contributed by atoms with Crippen LogP contribution in [-0.2, 0) is 12.8 Å². The first-order chi connectivity index (χ1) is 8.70. The normalized spacial score (nSPS) is 15.7. The van der Waals surface area contributed by atoms with Gasteiger partial charge < -0.3 is 15.7 Å². The first-order valence-electron chi connectivity index (χ1n) is 6.50. The number of aliphatic hydroxyl groups excluding tert-OH is 1. The van der Waals surface area contributed by atoms with Gasteiger partial charge in [0, 0.05) is 5.69 Å². The van der Waals surface area contributed by atoms with Gasteiger partial charge >= 0.3 is 6.03 Å². The molecule has 0 saturated heterocycles. The average molecular weight is 248 g/mol. The highest BCUT2D eigenvalue weighted by molar-refractivity contribution is 5.90. The van der Waals surface area contributed by atoms with Crippen molar-refractivity contribution in [2.24, 2.45) is 0 Å². The molecule has 4 heteroatoms. The van der Waals surface area contributed by atoms with Gasteiger partial charge in [0.1, 0.15) is 0 Å². The van der Waals surface area contributed by atoms with Crippen LogP contribution in [0.1, 0.15) is 30.9 Å². The molecule has 2 amide bonds. The Bertz CT molecular complexity index is 432. The molecule has 1 aromatic carbocycles. The summed E-state index contributed by atoms with van der Waals surface area (Å²) in [5, 5.41) is 14.5. The van der Waals surface area contributed by atoms with Crippen molar-refractivity contribution in [2.75, 3.05) is 11.9 Å². The Balaban J connectivity index is 2.07. The number of benzene rings is 1. The smallest absolute Gasteiger partial charge is 0.319 e. The fraction of sp³-hybridized carbons (Fsp3) is 0.500. The minimum Gasteiger partial charge on any atom is -0.394 e. The number of amides is 2. The van der Waals surface area contributed by atoms with Crippen molar-refractivity contribution in [3.8, 4) is 0 Å². The number of hydrogen-bond donors (Lipinski definition) is 3. The van der Waals surface area contributed by atoms with E-state index in [-0.39, 0.29) is 18.7 Å². The largest absolute Gasteiger partial charge is 0.394 e. The second kappa shape index (κ2) is 5.87. The maximum Gasteiger partial charge on any atom is 0.319 e. The van der Waals surface area contributed by atoms with E-state index in [1.807, 2.05) is 12.1 Å². The molecule has 0 heterocycles. The molecular formula is C14H20N2O2. The standard InChI is InChI=1S/C14H20N2O2/c1-10(9-17)15-14(18)16-13-8-4-6-11-5-2-3-7-12(11)13/h4,6,8,10,17H,2-3,5,7,9H2,1H3,(H2,15,16,18)/t10-/m0/s1. The van der Waals surface area contributed by atoms with Crippen LogP contribution in [0.4, 0.5) is 10.5 Å². The highest BCUT2D eigenvalue weighted by Gasteiger charge is 2.14. The third kappa shape index (κ3) is 3.01. The molecule has 0 saturated carbocycles. The van der Waals surface area contributed by atoms with E-state index in [2.05, 4.69) is 16.7 Å². The molecule has 4 nitrogen and oxygen atoms in total. The van der Waals surface area contributed by atoms with E-state index >= 15 is 0 Å². The molecule has 3 N–H and O–H groups in total. The molecule has 1 aliphatic carbocycles. The van der Waals surface area contributed by atoms with Gasteiger partial charge in [-0.15, -0.1) is 0 Å². The Morgan fingerprint density at radius 2 is 2.17 bits per heavy atom. The van der Waals surface area contributed by atoms with E-state index in [1.54, 1.807) is 6.92 Å². The summed E-state index contributed by atoms with van der Waals surface area (Å²) in [5.41, 5.74) is 3.50. The van der Waals surface area contributed by atoms with Crippen molar-refractivity contribution in [3.63, 3.8) is 0 Å². The van der Waals surface area contributed by atoms with Crippen molar-refractivity contribution in [1.82, 2.24) is 5.32 Å². The number of fused-ring (bicyclic) bond motifs is 1. The average Bonchev–Trinajstić information content (AvgIpc) is 2.39. The van der Waals surface area contributed by atoms with Crippen LogP contribution in [0.25, 0.3) is 0 Å². The molecule has 18 heavy (non-hydrogen) atoms. The van der Waals surface area contributed by atoms with Crippen molar-refractivity contribution in [2.45, 2.75) is 38.6 Å². The van der Waals surface area contributed by atoms with Crippen LogP contribution in [0.15, 0.2) is 18.2 Å². The number of hydrogen-bond acceptors (Lipinski definition) is 2. The third-order valence-corrected chi connectivity index (χ3v) is 3.30. The minimum absolute atomic E-state index is 0.0552. The lowest BCUT2D eigenvalue weighted by Crippen LogP contribution is -2.38. The van der Waals surface area contributed by atoms with Crippen molar-refractivity contribution in [3.05, 3.63) is 29.3 Å². The minimum atomic E-state index is -0.254. The van der Waals surface area contributed by atoms with Crippen LogP contribution in [0, 0.1) is 0 Å². The Kier molecular flexibility index (Phi) is 4.20. The summed E-state index contributed by atoms with van der Waals surface area (Å²) in [5.74, 6) is 0. The van der Waals surface area contributed by atoms with Crippen molar-refractivity contribution < 1.29 is 9.90 Å². The van der Waals surface area contributed by atoms with E-state index in [9.17, 15) is 4.79 Å². The Labute approximate surface area is 107 Å². The van der Waals surface area contributed by atoms with Crippen molar-refractivity contribution >= 4 is 11.7 Å². The molecule has 0 aromatic heterocycles. The van der Waals surface area contributed by atoms with Gasteiger partial charge in [-0.2, -0.15) is 0 Å². The lowest BCUT2D eigenvalue weighted by Gasteiger charge is -2.20. The molecule has 98 valence electrons. The van der Waals surface area contributed by atoms with Gasteiger partial charge in [0.2, 0.25) is 0 Å². The number of aliphatic hydroxyl groups is 1. The number of aryl methyl sites for hydroxylation is 1. The van der Waals surface area contributed by atoms with Gasteiger partial charge in [-0.25, -0.2) is 4.79 Å². The second-order valence-electron chi connectivity index (χ2n) is 4.83. The maximum absolute atomic E-state index is 11.7. The van der Waals surface area contributed by atoms with E-state index in [0.717, 1.165) is 18.5 Å². The molecule has 1 atom stereocenters. The fourth-order valence-electron chi connectivity index (χ4n) is 2.33. The van der Waals surface area contributed by atoms with E-state index in [1.165, 1.54) is 24.0 Å². The molecular weight excluding hydrogens is 228 g/mol. The molecule has 0 fully saturated rings. The third-order valence-electron chi connectivity index (χ3n) is 3.30. The molecule has 1 aliphatic rings. The molecule has 2 rings (SSSR count). The number of rotatable bonds is 3. The monoisotopic (exact) mass is 248 g/mol. The predicted molar refractivity (Wildman–Crippen MR) is 71.8 cm³/mol. The quantitative estimate of drug-likeness (QED) is 0.767. The number of nitrogens with one attached hydrogen (secondary N) is 2. The second-order valence-corrected chi connectivity index (χ2v) is 4.83. The van der Waals surface area contributed by atoms with Gasteiger partial charge in [0.15, 0.2) is 0 Å². The van der Waals surface area contributed by atoms with E-state index in [4.69, 9.17) is 5.11 Å². The van der Waals surface area contributed by atoms with E-state index in [0.29, 0.717) is 0 Å². The van der Waals surface area contributed by atoms with Crippen LogP contribution in [0.2, 0.25) is 0 Å². The van der Waals surface area contributed by atoms with Gasteiger partial charge in [-0.1, -0.05) is 12.1 Å². The first-order valence-corrected chi connectivity index (χ1v) is 6.50. The summed E-state index contributed by atoms with van der Waals surface area (Å²) in [6.45, 7) is 1.71. The molecule has 0 bridgehead atoms. The summed E-state index contributed by atoms with van der Waals surface area (Å²) >= 11 is 0. The summed E-state index contributed by atoms with van der Waals surface area (Å²) in [7, 11) is 0. The predicted octanol–water partition coefficient (Wildman–Crippen LogP) is 2.07. The number of carbonyl (C=O) groups is 1. The zero-order valence-corrected chi connectivity index (χ0v) is 10.7. The van der Waals surface area contributed by atoms with Gasteiger partial charge in [0.25, 0.3) is 0 Å². The van der Waals surface area contributed by atoms with Crippen molar-refractivity contribution in [1.29, 1.82) is 0 Å². The first kappa shape index (κ1) is 12.9. The summed E-state index contributed by atoms with van der Waals surface area (Å²) in [6, 6.07) is 5.57. The SMILES string of the molecule is C[C@@H](CO)NC(=O)Nc1cccc2c1CCCC2. The summed E-state index contributed by atoms with van der Waals surface area (Å²) in [6.07, 6.45) is 4.53. The zero-order chi connectivity index (χ0) is 13.0. The molecule has 0 spiro atoms. The van der Waals surface area contributed by atoms with Crippen LogP contribution in [0.3, 0.4) is 0 Å². The lowest BCUT2D eigenvalue weighted by atomic mass is 9.90. The number of urea groups is 1. The Hall–Kier alpha value is -1.55. The molecule has 0 aliphatic heterocycles. The van der Waals surface area contributed by atoms with Crippen LogP contribution in [0.5, 0.6) is 0 Å². The maximum atomic E-state index is 11.7. The molecule has 1 aromatic rings. The number of anilines is 1. The van der Waals surface area contributed by atoms with E-state index < -0.39 is 0 Å². The Morgan fingerprint density at radius 1 is 1.39 bits per heavy atom. The van der Waals surface area contributed by atoms with Crippen LogP contribution >= 0.6 is 0 Å². The highest BCUT2D eigenvalue weighted by atomic mass is 16.3. The zero-order valence-electron chi connectivity index (χ0n) is 10.7. The van der Waals surface area contributed by atoms with Crippen LogP contribution in [-0.4, -0.2) is 23.8 Å². The van der Waals surface area contributed by atoms with Crippen LogP contribution < -0.4 is 10.6 Å². The van der Waals surface area contributed by atoms with Gasteiger partial charge in [-0.3, -0.25) is 0 Å².